The van der Waals surface area contributed by atoms with Gasteiger partial charge in [0.1, 0.15) is 5.75 Å². The Morgan fingerprint density at radius 1 is 1.30 bits per heavy atom. The Bertz CT molecular complexity index is 488. The molecule has 1 N–H and O–H groups in total. The normalized spacial score (nSPS) is 29.1. The molecule has 1 saturated carbocycles. The van der Waals surface area contributed by atoms with Gasteiger partial charge in [-0.25, -0.2) is 0 Å². The first-order valence-electron chi connectivity index (χ1n) is 7.81. The van der Waals surface area contributed by atoms with Crippen molar-refractivity contribution < 1.29 is 4.74 Å². The SMILES string of the molecule is CC1CCC(C)C(NCc2cc(Br)cc3c2OCC3)C1. The van der Waals surface area contributed by atoms with Crippen LogP contribution in [0.3, 0.4) is 0 Å². The monoisotopic (exact) mass is 337 g/mol. The second-order valence-corrected chi connectivity index (χ2v) is 7.45. The average Bonchev–Trinajstić information content (AvgIpc) is 2.87. The summed E-state index contributed by atoms with van der Waals surface area (Å²) in [6.45, 7) is 6.50. The Kier molecular flexibility index (Phi) is 4.37. The van der Waals surface area contributed by atoms with Crippen LogP contribution >= 0.6 is 15.9 Å². The summed E-state index contributed by atoms with van der Waals surface area (Å²) in [6.07, 6.45) is 5.08. The van der Waals surface area contributed by atoms with Gasteiger partial charge in [-0.15, -0.1) is 0 Å². The summed E-state index contributed by atoms with van der Waals surface area (Å²) in [7, 11) is 0. The van der Waals surface area contributed by atoms with Crippen LogP contribution in [0.5, 0.6) is 5.75 Å². The molecule has 1 aromatic carbocycles. The number of ether oxygens (including phenoxy) is 1. The lowest BCUT2D eigenvalue weighted by Gasteiger charge is -2.33. The van der Waals surface area contributed by atoms with Gasteiger partial charge >= 0.3 is 0 Å². The second-order valence-electron chi connectivity index (χ2n) is 6.53. The van der Waals surface area contributed by atoms with Crippen LogP contribution in [0, 0.1) is 11.8 Å². The van der Waals surface area contributed by atoms with E-state index in [1.54, 1.807) is 0 Å². The zero-order valence-corrected chi connectivity index (χ0v) is 14.0. The van der Waals surface area contributed by atoms with Crippen molar-refractivity contribution in [1.82, 2.24) is 5.32 Å². The fraction of sp³-hybridized carbons (Fsp3) is 0.647. The standard InChI is InChI=1S/C17H24BrNO/c1-11-3-4-12(2)16(7-11)19-10-14-9-15(18)8-13-5-6-20-17(13)14/h8-9,11-12,16,19H,3-7,10H2,1-2H3. The molecule has 0 aromatic heterocycles. The summed E-state index contributed by atoms with van der Waals surface area (Å²) in [5.74, 6) is 2.76. The first kappa shape index (κ1) is 14.4. The first-order chi connectivity index (χ1) is 9.63. The summed E-state index contributed by atoms with van der Waals surface area (Å²) >= 11 is 3.62. The Labute approximate surface area is 130 Å². The molecule has 2 aliphatic rings. The van der Waals surface area contributed by atoms with Crippen LogP contribution in [0.2, 0.25) is 0 Å². The van der Waals surface area contributed by atoms with Gasteiger partial charge in [0.15, 0.2) is 0 Å². The van der Waals surface area contributed by atoms with Gasteiger partial charge in [-0.3, -0.25) is 0 Å². The Hall–Kier alpha value is -0.540. The predicted octanol–water partition coefficient (Wildman–Crippen LogP) is 4.30. The van der Waals surface area contributed by atoms with E-state index in [9.17, 15) is 0 Å². The van der Waals surface area contributed by atoms with E-state index in [0.29, 0.717) is 6.04 Å². The first-order valence-corrected chi connectivity index (χ1v) is 8.60. The third-order valence-electron chi connectivity index (χ3n) is 4.84. The van der Waals surface area contributed by atoms with Crippen molar-refractivity contribution in [2.24, 2.45) is 11.8 Å². The molecule has 1 aromatic rings. The molecular formula is C17H24BrNO. The maximum absolute atomic E-state index is 5.81. The van der Waals surface area contributed by atoms with E-state index < -0.39 is 0 Å². The highest BCUT2D eigenvalue weighted by Gasteiger charge is 2.25. The molecule has 1 fully saturated rings. The Morgan fingerprint density at radius 3 is 3.00 bits per heavy atom. The fourth-order valence-corrected chi connectivity index (χ4v) is 4.09. The van der Waals surface area contributed by atoms with E-state index in [2.05, 4.69) is 47.2 Å². The van der Waals surface area contributed by atoms with Gasteiger partial charge in [0, 0.05) is 29.0 Å². The molecule has 1 aliphatic heterocycles. The second kappa shape index (κ2) is 6.07. The van der Waals surface area contributed by atoms with Gasteiger partial charge < -0.3 is 10.1 Å². The van der Waals surface area contributed by atoms with Crippen molar-refractivity contribution in [2.75, 3.05) is 6.61 Å². The number of hydrogen-bond donors (Lipinski definition) is 1. The molecule has 3 rings (SSSR count). The summed E-state index contributed by atoms with van der Waals surface area (Å²) in [4.78, 5) is 0. The maximum atomic E-state index is 5.81. The largest absolute Gasteiger partial charge is 0.493 e. The lowest BCUT2D eigenvalue weighted by molar-refractivity contribution is 0.227. The van der Waals surface area contributed by atoms with Gasteiger partial charge in [0.25, 0.3) is 0 Å². The van der Waals surface area contributed by atoms with Crippen LogP contribution in [0.1, 0.15) is 44.2 Å². The van der Waals surface area contributed by atoms with Crippen molar-refractivity contribution in [3.05, 3.63) is 27.7 Å². The van der Waals surface area contributed by atoms with Gasteiger partial charge in [-0.2, -0.15) is 0 Å². The van der Waals surface area contributed by atoms with Crippen molar-refractivity contribution in [2.45, 2.75) is 52.1 Å². The molecule has 2 nitrogen and oxygen atoms in total. The number of nitrogens with one attached hydrogen (secondary N) is 1. The third-order valence-corrected chi connectivity index (χ3v) is 5.30. The molecule has 0 saturated heterocycles. The topological polar surface area (TPSA) is 21.3 Å². The number of rotatable bonds is 3. The van der Waals surface area contributed by atoms with Crippen LogP contribution in [-0.2, 0) is 13.0 Å². The van der Waals surface area contributed by atoms with Crippen molar-refractivity contribution in [3.8, 4) is 5.75 Å². The molecule has 0 amide bonds. The highest BCUT2D eigenvalue weighted by Crippen LogP contribution is 2.34. The van der Waals surface area contributed by atoms with E-state index in [0.717, 1.165) is 37.2 Å². The third kappa shape index (κ3) is 3.04. The Morgan fingerprint density at radius 2 is 2.15 bits per heavy atom. The fourth-order valence-electron chi connectivity index (χ4n) is 3.54. The van der Waals surface area contributed by atoms with Gasteiger partial charge in [0.05, 0.1) is 6.61 Å². The number of halogens is 1. The maximum Gasteiger partial charge on any atom is 0.127 e. The molecule has 3 atom stereocenters. The molecule has 1 aliphatic carbocycles. The summed E-state index contributed by atoms with van der Waals surface area (Å²) in [5, 5.41) is 3.77. The summed E-state index contributed by atoms with van der Waals surface area (Å²) in [6, 6.07) is 5.04. The molecule has 1 heterocycles. The molecule has 3 heteroatoms. The summed E-state index contributed by atoms with van der Waals surface area (Å²) in [5.41, 5.74) is 2.65. The van der Waals surface area contributed by atoms with Gasteiger partial charge in [-0.05, 0) is 42.4 Å². The molecule has 0 bridgehead atoms. The minimum absolute atomic E-state index is 0.648. The Balaban J connectivity index is 1.69. The van der Waals surface area contributed by atoms with Crippen LogP contribution in [0.15, 0.2) is 16.6 Å². The number of benzene rings is 1. The number of fused-ring (bicyclic) bond motifs is 1. The zero-order valence-electron chi connectivity index (χ0n) is 12.4. The van der Waals surface area contributed by atoms with Crippen molar-refractivity contribution in [1.29, 1.82) is 0 Å². The lowest BCUT2D eigenvalue weighted by atomic mass is 9.80. The lowest BCUT2D eigenvalue weighted by Crippen LogP contribution is -2.39. The minimum atomic E-state index is 0.648. The smallest absolute Gasteiger partial charge is 0.127 e. The quantitative estimate of drug-likeness (QED) is 0.887. The molecular weight excluding hydrogens is 314 g/mol. The van der Waals surface area contributed by atoms with Crippen LogP contribution < -0.4 is 10.1 Å². The molecule has 0 spiro atoms. The number of hydrogen-bond acceptors (Lipinski definition) is 2. The van der Waals surface area contributed by atoms with Crippen LogP contribution in [0.4, 0.5) is 0 Å². The van der Waals surface area contributed by atoms with E-state index in [-0.39, 0.29) is 0 Å². The van der Waals surface area contributed by atoms with Crippen molar-refractivity contribution >= 4 is 15.9 Å². The van der Waals surface area contributed by atoms with Crippen LogP contribution in [-0.4, -0.2) is 12.6 Å². The van der Waals surface area contributed by atoms with Gasteiger partial charge in [0.2, 0.25) is 0 Å². The minimum Gasteiger partial charge on any atom is -0.493 e. The van der Waals surface area contributed by atoms with Crippen molar-refractivity contribution in [3.63, 3.8) is 0 Å². The average molecular weight is 338 g/mol. The predicted molar refractivity (Wildman–Crippen MR) is 86.1 cm³/mol. The van der Waals surface area contributed by atoms with Gasteiger partial charge in [-0.1, -0.05) is 36.2 Å². The molecule has 0 radical (unpaired) electrons. The summed E-state index contributed by atoms with van der Waals surface area (Å²) < 4.78 is 6.98. The zero-order chi connectivity index (χ0) is 14.1. The highest BCUT2D eigenvalue weighted by molar-refractivity contribution is 9.10. The highest BCUT2D eigenvalue weighted by atomic mass is 79.9. The molecule has 20 heavy (non-hydrogen) atoms. The van der Waals surface area contributed by atoms with E-state index >= 15 is 0 Å². The van der Waals surface area contributed by atoms with E-state index in [4.69, 9.17) is 4.74 Å². The van der Waals surface area contributed by atoms with E-state index in [1.807, 2.05) is 0 Å². The van der Waals surface area contributed by atoms with E-state index in [1.165, 1.54) is 34.9 Å². The van der Waals surface area contributed by atoms with Crippen LogP contribution in [0.25, 0.3) is 0 Å². The molecule has 3 unspecified atom stereocenters. The molecule has 110 valence electrons.